The van der Waals surface area contributed by atoms with Gasteiger partial charge < -0.3 is 0 Å². The highest BCUT2D eigenvalue weighted by Crippen LogP contribution is 2.38. The molecule has 1 aliphatic heterocycles. The molecule has 1 heterocycles. The fraction of sp³-hybridized carbons (Fsp3) is 0.500. The van der Waals surface area contributed by atoms with E-state index < -0.39 is 0 Å². The standard InChI is InChI=1S/C14H17N/c1-2-4-11(5-3-1)12-6-7-14-13(10-12)8-9-15-14/h1-5,12-13H,6-10H2/t12-,13-/m0/s1. The molecule has 15 heavy (non-hydrogen) atoms. The average Bonchev–Trinajstić information content (AvgIpc) is 2.77. The molecule has 1 aromatic rings. The summed E-state index contributed by atoms with van der Waals surface area (Å²) in [5.74, 6) is 1.59. The number of aliphatic imine (C=N–C) groups is 1. The monoisotopic (exact) mass is 199 g/mol. The molecular weight excluding hydrogens is 182 g/mol. The lowest BCUT2D eigenvalue weighted by Gasteiger charge is -2.27. The first-order chi connectivity index (χ1) is 7.43. The summed E-state index contributed by atoms with van der Waals surface area (Å²) in [6.07, 6.45) is 5.19. The fourth-order valence-corrected chi connectivity index (χ4v) is 3.01. The first-order valence-corrected chi connectivity index (χ1v) is 6.01. The van der Waals surface area contributed by atoms with E-state index in [0.717, 1.165) is 18.4 Å². The molecule has 0 amide bonds. The molecule has 0 saturated heterocycles. The van der Waals surface area contributed by atoms with Crippen molar-refractivity contribution in [3.05, 3.63) is 35.9 Å². The summed E-state index contributed by atoms with van der Waals surface area (Å²) >= 11 is 0. The molecule has 0 unspecified atom stereocenters. The van der Waals surface area contributed by atoms with Crippen molar-refractivity contribution < 1.29 is 0 Å². The Morgan fingerprint density at radius 2 is 1.87 bits per heavy atom. The SMILES string of the molecule is c1ccc([C@H]2CCC3=NCC[C@H]3C2)cc1. The maximum atomic E-state index is 4.60. The molecule has 2 atom stereocenters. The fourth-order valence-electron chi connectivity index (χ4n) is 3.01. The van der Waals surface area contributed by atoms with Crippen LogP contribution >= 0.6 is 0 Å². The van der Waals surface area contributed by atoms with Crippen molar-refractivity contribution in [3.63, 3.8) is 0 Å². The Balaban J connectivity index is 1.77. The predicted molar refractivity (Wildman–Crippen MR) is 63.4 cm³/mol. The van der Waals surface area contributed by atoms with Crippen LogP contribution in [0.4, 0.5) is 0 Å². The predicted octanol–water partition coefficient (Wildman–Crippen LogP) is 3.42. The van der Waals surface area contributed by atoms with E-state index in [1.54, 1.807) is 0 Å². The normalized spacial score (nSPS) is 29.7. The van der Waals surface area contributed by atoms with Crippen LogP contribution in [0.5, 0.6) is 0 Å². The minimum absolute atomic E-state index is 0.785. The molecule has 1 heteroatoms. The molecule has 0 radical (unpaired) electrons. The molecule has 0 N–H and O–H groups in total. The molecule has 3 rings (SSSR count). The van der Waals surface area contributed by atoms with Crippen LogP contribution in [0.25, 0.3) is 0 Å². The van der Waals surface area contributed by atoms with Crippen LogP contribution in [0.15, 0.2) is 35.3 Å². The van der Waals surface area contributed by atoms with Gasteiger partial charge in [-0.25, -0.2) is 0 Å². The topological polar surface area (TPSA) is 12.4 Å². The Labute approximate surface area is 91.2 Å². The third kappa shape index (κ3) is 1.71. The van der Waals surface area contributed by atoms with Crippen LogP contribution in [-0.4, -0.2) is 12.3 Å². The molecule has 0 bridgehead atoms. The van der Waals surface area contributed by atoms with Crippen molar-refractivity contribution in [2.45, 2.75) is 31.6 Å². The molecular formula is C14H17N. The molecule has 1 nitrogen and oxygen atoms in total. The highest BCUT2D eigenvalue weighted by Gasteiger charge is 2.29. The van der Waals surface area contributed by atoms with Crippen molar-refractivity contribution in [2.24, 2.45) is 10.9 Å². The van der Waals surface area contributed by atoms with Crippen molar-refractivity contribution in [1.29, 1.82) is 0 Å². The van der Waals surface area contributed by atoms with E-state index in [4.69, 9.17) is 0 Å². The van der Waals surface area contributed by atoms with Crippen LogP contribution in [0.2, 0.25) is 0 Å². The second-order valence-corrected chi connectivity index (χ2v) is 4.74. The lowest BCUT2D eigenvalue weighted by molar-refractivity contribution is 0.468. The summed E-state index contributed by atoms with van der Waals surface area (Å²) in [5, 5.41) is 0. The van der Waals surface area contributed by atoms with Gasteiger partial charge in [0.2, 0.25) is 0 Å². The molecule has 1 saturated carbocycles. The number of fused-ring (bicyclic) bond motifs is 1. The number of hydrogen-bond donors (Lipinski definition) is 0. The van der Waals surface area contributed by atoms with Gasteiger partial charge in [-0.1, -0.05) is 30.3 Å². The van der Waals surface area contributed by atoms with Crippen molar-refractivity contribution >= 4 is 5.71 Å². The van der Waals surface area contributed by atoms with E-state index >= 15 is 0 Å². The number of nitrogens with zero attached hydrogens (tertiary/aromatic N) is 1. The van der Waals surface area contributed by atoms with Gasteiger partial charge in [-0.2, -0.15) is 0 Å². The Hall–Kier alpha value is -1.11. The summed E-state index contributed by atoms with van der Waals surface area (Å²) in [6.45, 7) is 1.08. The van der Waals surface area contributed by atoms with Gasteiger partial charge in [0.25, 0.3) is 0 Å². The van der Waals surface area contributed by atoms with Gasteiger partial charge in [0.15, 0.2) is 0 Å². The largest absolute Gasteiger partial charge is 0.294 e. The Morgan fingerprint density at radius 3 is 2.73 bits per heavy atom. The second-order valence-electron chi connectivity index (χ2n) is 4.74. The average molecular weight is 199 g/mol. The first-order valence-electron chi connectivity index (χ1n) is 6.01. The smallest absolute Gasteiger partial charge is 0.0395 e. The van der Waals surface area contributed by atoms with Crippen molar-refractivity contribution in [2.75, 3.05) is 6.54 Å². The van der Waals surface area contributed by atoms with E-state index in [9.17, 15) is 0 Å². The maximum absolute atomic E-state index is 4.60. The Bertz CT molecular complexity index is 366. The Morgan fingerprint density at radius 1 is 1.00 bits per heavy atom. The molecule has 2 aliphatic rings. The summed E-state index contributed by atoms with van der Waals surface area (Å²) in [5.41, 5.74) is 3.05. The number of rotatable bonds is 1. The second kappa shape index (κ2) is 3.80. The van der Waals surface area contributed by atoms with E-state index in [1.807, 2.05) is 0 Å². The molecule has 0 aromatic heterocycles. The third-order valence-corrected chi connectivity index (χ3v) is 3.85. The van der Waals surface area contributed by atoms with Crippen LogP contribution < -0.4 is 0 Å². The lowest BCUT2D eigenvalue weighted by Crippen LogP contribution is -2.20. The van der Waals surface area contributed by atoms with E-state index in [0.29, 0.717) is 0 Å². The summed E-state index contributed by atoms with van der Waals surface area (Å²) < 4.78 is 0. The molecule has 1 fully saturated rings. The van der Waals surface area contributed by atoms with Crippen LogP contribution in [0.1, 0.15) is 37.2 Å². The van der Waals surface area contributed by atoms with Gasteiger partial charge in [-0.3, -0.25) is 4.99 Å². The minimum atomic E-state index is 0.785. The van der Waals surface area contributed by atoms with Gasteiger partial charge in [0.1, 0.15) is 0 Å². The third-order valence-electron chi connectivity index (χ3n) is 3.85. The zero-order chi connectivity index (χ0) is 10.1. The van der Waals surface area contributed by atoms with Gasteiger partial charge in [0.05, 0.1) is 0 Å². The van der Waals surface area contributed by atoms with E-state index in [1.165, 1.54) is 37.0 Å². The van der Waals surface area contributed by atoms with Gasteiger partial charge in [-0.15, -0.1) is 0 Å². The zero-order valence-corrected chi connectivity index (χ0v) is 9.02. The molecule has 1 aromatic carbocycles. The van der Waals surface area contributed by atoms with Gasteiger partial charge in [0, 0.05) is 12.3 Å². The lowest BCUT2D eigenvalue weighted by atomic mass is 9.77. The summed E-state index contributed by atoms with van der Waals surface area (Å²) in [7, 11) is 0. The van der Waals surface area contributed by atoms with Crippen molar-refractivity contribution in [3.8, 4) is 0 Å². The van der Waals surface area contributed by atoms with Crippen LogP contribution in [0, 0.1) is 5.92 Å². The van der Waals surface area contributed by atoms with Crippen LogP contribution in [0.3, 0.4) is 0 Å². The van der Waals surface area contributed by atoms with E-state index in [-0.39, 0.29) is 0 Å². The van der Waals surface area contributed by atoms with E-state index in [2.05, 4.69) is 35.3 Å². The van der Waals surface area contributed by atoms with Crippen molar-refractivity contribution in [1.82, 2.24) is 0 Å². The Kier molecular flexibility index (Phi) is 2.32. The van der Waals surface area contributed by atoms with Gasteiger partial charge in [-0.05, 0) is 43.1 Å². The maximum Gasteiger partial charge on any atom is 0.0395 e. The summed E-state index contributed by atoms with van der Waals surface area (Å²) in [4.78, 5) is 4.60. The highest BCUT2D eigenvalue weighted by molar-refractivity contribution is 5.89. The zero-order valence-electron chi connectivity index (χ0n) is 9.02. The molecule has 0 spiro atoms. The number of benzene rings is 1. The number of hydrogen-bond acceptors (Lipinski definition) is 1. The highest BCUT2D eigenvalue weighted by atomic mass is 14.8. The van der Waals surface area contributed by atoms with Gasteiger partial charge >= 0.3 is 0 Å². The first kappa shape index (κ1) is 9.14. The summed E-state index contributed by atoms with van der Waals surface area (Å²) in [6, 6.07) is 11.0. The molecule has 78 valence electrons. The van der Waals surface area contributed by atoms with Crippen LogP contribution in [-0.2, 0) is 0 Å². The minimum Gasteiger partial charge on any atom is -0.294 e. The quantitative estimate of drug-likeness (QED) is 0.657. The molecule has 1 aliphatic carbocycles.